The van der Waals surface area contributed by atoms with Crippen molar-refractivity contribution < 1.29 is 14.3 Å². The number of nitrogens with zero attached hydrogens (tertiary/aromatic N) is 2. The summed E-state index contributed by atoms with van der Waals surface area (Å²) in [5, 5.41) is -0.126. The van der Waals surface area contributed by atoms with Crippen molar-refractivity contribution in [1.82, 2.24) is 9.34 Å². The van der Waals surface area contributed by atoms with E-state index in [-0.39, 0.29) is 5.24 Å². The number of hydrogen-bond acceptors (Lipinski definition) is 4. The van der Waals surface area contributed by atoms with Crippen LogP contribution in [0.1, 0.15) is 0 Å². The maximum atomic E-state index is 11.6. The molecule has 1 atom stereocenters. The van der Waals surface area contributed by atoms with Gasteiger partial charge in [0.2, 0.25) is 0 Å². The van der Waals surface area contributed by atoms with Crippen LogP contribution in [0.4, 0.5) is 9.59 Å². The average molecular weight is 281 g/mol. The van der Waals surface area contributed by atoms with Crippen molar-refractivity contribution in [3.63, 3.8) is 0 Å². The predicted octanol–water partition coefficient (Wildman–Crippen LogP) is 2.20. The maximum absolute atomic E-state index is 11.6. The summed E-state index contributed by atoms with van der Waals surface area (Å²) in [7, 11) is 0. The van der Waals surface area contributed by atoms with E-state index in [1.807, 2.05) is 0 Å². The van der Waals surface area contributed by atoms with Crippen LogP contribution in [0, 0.1) is 0 Å². The van der Waals surface area contributed by atoms with Crippen LogP contribution in [0.5, 0.6) is 0 Å². The van der Waals surface area contributed by atoms with E-state index in [0.29, 0.717) is 25.4 Å². The third-order valence-electron chi connectivity index (χ3n) is 2.32. The number of carbonyl (C=O) groups excluding carboxylic acids is 2. The molecular weight excluding hydrogens is 271 g/mol. The van der Waals surface area contributed by atoms with Crippen LogP contribution < -0.4 is 0 Å². The molecule has 2 saturated heterocycles. The summed E-state index contributed by atoms with van der Waals surface area (Å²) in [6, 6.07) is 0. The summed E-state index contributed by atoms with van der Waals surface area (Å²) in [6.45, 7) is 2.00. The zero-order valence-corrected chi connectivity index (χ0v) is 10.9. The average Bonchev–Trinajstić information content (AvgIpc) is 2.86. The van der Waals surface area contributed by atoms with Crippen LogP contribution in [0.3, 0.4) is 0 Å². The minimum atomic E-state index is -2.72. The topological polar surface area (TPSA) is 49.9 Å². The summed E-state index contributed by atoms with van der Waals surface area (Å²) in [6.07, 6.45) is -0.496. The van der Waals surface area contributed by atoms with Crippen molar-refractivity contribution >= 4 is 46.3 Å². The number of amides is 2. The molecule has 0 aromatic heterocycles. The van der Waals surface area contributed by atoms with E-state index in [4.69, 9.17) is 16.0 Å². The predicted molar refractivity (Wildman–Crippen MR) is 66.0 cm³/mol. The molecule has 2 fully saturated rings. The molecule has 0 bridgehead atoms. The van der Waals surface area contributed by atoms with Gasteiger partial charge in [-0.25, -0.2) is 4.79 Å². The van der Waals surface area contributed by atoms with Crippen molar-refractivity contribution in [1.29, 1.82) is 0 Å². The summed E-state index contributed by atoms with van der Waals surface area (Å²) in [5.74, 6) is 0.678. The second-order valence-electron chi connectivity index (χ2n) is 3.16. The van der Waals surface area contributed by atoms with E-state index < -0.39 is 12.6 Å². The van der Waals surface area contributed by atoms with Crippen molar-refractivity contribution in [2.24, 2.45) is 0 Å². The summed E-state index contributed by atoms with van der Waals surface area (Å²) >= 11 is 7.57. The highest BCUT2D eigenvalue weighted by molar-refractivity contribution is 8.15. The lowest BCUT2D eigenvalue weighted by Gasteiger charge is -2.32. The lowest BCUT2D eigenvalue weighted by Crippen LogP contribution is -2.30. The van der Waals surface area contributed by atoms with E-state index in [1.165, 1.54) is 21.1 Å². The normalized spacial score (nSPS) is 24.3. The van der Waals surface area contributed by atoms with Gasteiger partial charge in [-0.1, -0.05) is 23.8 Å². The van der Waals surface area contributed by atoms with Crippen LogP contribution >= 0.6 is 29.5 Å². The van der Waals surface area contributed by atoms with E-state index in [0.717, 1.165) is 0 Å². The number of halogens is 1. The van der Waals surface area contributed by atoms with Gasteiger partial charge in [-0.15, -0.1) is 0 Å². The lowest BCUT2D eigenvalue weighted by atomic mass is 10.7. The molecule has 2 rings (SSSR count). The largest absolute Gasteiger partial charge is 0.447 e. The molecular formula is C8H10ClN2O3PS. The van der Waals surface area contributed by atoms with Crippen LogP contribution in [-0.4, -0.2) is 51.6 Å². The molecule has 2 heterocycles. The van der Waals surface area contributed by atoms with Gasteiger partial charge in [0.25, 0.3) is 5.24 Å². The van der Waals surface area contributed by atoms with Crippen LogP contribution in [0.2, 0.25) is 0 Å². The third kappa shape index (κ3) is 1.76. The standard InChI is InChI=1S/C8H10ClN2O3PS/c1-2-15(9,10-3-5-14-7(10)12)11-4-6-16-8(11)13/h1,3-6H2. The molecule has 0 spiro atoms. The molecule has 0 aromatic carbocycles. The zero-order valence-electron chi connectivity index (χ0n) is 8.39. The molecule has 1 unspecified atom stereocenters. The SMILES string of the molecule is C=C=P(Cl)(N1CCOC1=O)N1CCSC1=O. The Morgan fingerprint density at radius 3 is 2.62 bits per heavy atom. The fourth-order valence-corrected chi connectivity index (χ4v) is 5.69. The highest BCUT2D eigenvalue weighted by Gasteiger charge is 2.42. The number of ether oxygens (including phenoxy) is 1. The van der Waals surface area contributed by atoms with Crippen molar-refractivity contribution in [2.75, 3.05) is 25.4 Å². The van der Waals surface area contributed by atoms with Crippen molar-refractivity contribution in [3.8, 4) is 0 Å². The Hall–Kier alpha value is -0.540. The van der Waals surface area contributed by atoms with Gasteiger partial charge in [-0.3, -0.25) is 14.1 Å². The molecule has 5 nitrogen and oxygen atoms in total. The maximum Gasteiger partial charge on any atom is 0.415 e. The van der Waals surface area contributed by atoms with E-state index in [1.54, 1.807) is 0 Å². The van der Waals surface area contributed by atoms with Gasteiger partial charge < -0.3 is 4.74 Å². The molecule has 2 aliphatic rings. The van der Waals surface area contributed by atoms with Gasteiger partial charge in [-0.2, -0.15) is 0 Å². The van der Waals surface area contributed by atoms with Crippen LogP contribution in [-0.2, 0) is 4.74 Å². The second-order valence-corrected chi connectivity index (χ2v) is 7.95. The molecule has 88 valence electrons. The Bertz CT molecular complexity index is 394. The first-order chi connectivity index (χ1) is 7.59. The number of carbonyl (C=O) groups is 2. The number of thioether (sulfide) groups is 1. The van der Waals surface area contributed by atoms with Crippen LogP contribution in [0.15, 0.2) is 6.58 Å². The molecule has 0 N–H and O–H groups in total. The summed E-state index contributed by atoms with van der Waals surface area (Å²) in [5.41, 5.74) is 2.67. The summed E-state index contributed by atoms with van der Waals surface area (Å²) < 4.78 is 7.68. The third-order valence-corrected chi connectivity index (χ3v) is 7.19. The van der Waals surface area contributed by atoms with Gasteiger partial charge in [0.15, 0.2) is 6.54 Å². The number of cyclic esters (lactones) is 1. The Kier molecular flexibility index (Phi) is 3.27. The van der Waals surface area contributed by atoms with Gasteiger partial charge in [0, 0.05) is 12.3 Å². The van der Waals surface area contributed by atoms with Gasteiger partial charge in [-0.05, 0) is 11.2 Å². The molecule has 16 heavy (non-hydrogen) atoms. The van der Waals surface area contributed by atoms with E-state index >= 15 is 0 Å². The molecule has 8 heteroatoms. The van der Waals surface area contributed by atoms with E-state index in [2.05, 4.69) is 12.0 Å². The fraction of sp³-hybridized carbons (Fsp3) is 0.500. The second kappa shape index (κ2) is 4.38. The molecule has 2 amide bonds. The van der Waals surface area contributed by atoms with Crippen molar-refractivity contribution in [3.05, 3.63) is 6.58 Å². The Balaban J connectivity index is 2.36. The Morgan fingerprint density at radius 1 is 1.44 bits per heavy atom. The molecule has 0 saturated carbocycles. The van der Waals surface area contributed by atoms with Gasteiger partial charge >= 0.3 is 6.09 Å². The highest BCUT2D eigenvalue weighted by atomic mass is 35.7. The number of hydrogen-bond donors (Lipinski definition) is 0. The molecule has 2 aliphatic heterocycles. The molecule has 0 aromatic rings. The van der Waals surface area contributed by atoms with Gasteiger partial charge in [0.1, 0.15) is 6.61 Å². The lowest BCUT2D eigenvalue weighted by molar-refractivity contribution is 0.170. The minimum absolute atomic E-state index is 0.126. The molecule has 0 aliphatic carbocycles. The molecule has 0 radical (unpaired) electrons. The first-order valence-corrected chi connectivity index (χ1v) is 8.20. The van der Waals surface area contributed by atoms with Crippen LogP contribution in [0.25, 0.3) is 0 Å². The van der Waals surface area contributed by atoms with Gasteiger partial charge in [0.05, 0.1) is 6.54 Å². The fourth-order valence-electron chi connectivity index (χ4n) is 1.55. The minimum Gasteiger partial charge on any atom is -0.447 e. The quantitative estimate of drug-likeness (QED) is 0.728. The monoisotopic (exact) mass is 280 g/mol. The highest BCUT2D eigenvalue weighted by Crippen LogP contribution is 2.61. The zero-order chi connectivity index (χ0) is 11.8. The smallest absolute Gasteiger partial charge is 0.415 e. The van der Waals surface area contributed by atoms with Crippen molar-refractivity contribution in [2.45, 2.75) is 0 Å². The first kappa shape index (κ1) is 11.9. The Labute approximate surface area is 102 Å². The first-order valence-electron chi connectivity index (χ1n) is 4.62. The van der Waals surface area contributed by atoms with E-state index in [9.17, 15) is 9.59 Å². The number of rotatable bonds is 2. The Morgan fingerprint density at radius 2 is 2.19 bits per heavy atom. The summed E-state index contributed by atoms with van der Waals surface area (Å²) in [4.78, 5) is 23.1.